The van der Waals surface area contributed by atoms with Crippen molar-refractivity contribution < 1.29 is 72.8 Å². The zero-order chi connectivity index (χ0) is 46.5. The van der Waals surface area contributed by atoms with Gasteiger partial charge in [-0.15, -0.1) is 0 Å². The highest BCUT2D eigenvalue weighted by molar-refractivity contribution is 5.90. The summed E-state index contributed by atoms with van der Waals surface area (Å²) < 4.78 is 47.0. The normalized spacial score (nSPS) is 42.5. The fourth-order valence-electron chi connectivity index (χ4n) is 13.2. The molecule has 4 N–H and O–H groups in total. The van der Waals surface area contributed by atoms with E-state index in [0.717, 1.165) is 19.3 Å². The van der Waals surface area contributed by atoms with Gasteiger partial charge in [0.15, 0.2) is 5.60 Å². The molecule has 3 bridgehead atoms. The number of carboxylic acid groups (broad SMARTS) is 1. The zero-order valence-electron chi connectivity index (χ0n) is 37.7. The third-order valence-corrected chi connectivity index (χ3v) is 16.3. The van der Waals surface area contributed by atoms with Crippen molar-refractivity contribution in [1.29, 1.82) is 0 Å². The van der Waals surface area contributed by atoms with Gasteiger partial charge in [0, 0.05) is 17.8 Å². The summed E-state index contributed by atoms with van der Waals surface area (Å²) in [6.07, 6.45) is -3.21. The number of hydrogen-bond acceptors (Lipinski definition) is 14. The topological polar surface area (TPSA) is 217 Å². The van der Waals surface area contributed by atoms with Crippen LogP contribution in [0.15, 0.2) is 72.8 Å². The second-order valence-corrected chi connectivity index (χ2v) is 20.7. The Morgan fingerprint density at radius 1 is 0.846 bits per heavy atom. The molecule has 2 spiro atoms. The number of hydrogen-bond donors (Lipinski definition) is 4. The highest BCUT2D eigenvalue weighted by Crippen LogP contribution is 2.76. The molecule has 7 aliphatic rings. The first-order valence-electron chi connectivity index (χ1n) is 23.2. The lowest BCUT2D eigenvalue weighted by molar-refractivity contribution is -0.459. The van der Waals surface area contributed by atoms with E-state index in [4.69, 9.17) is 33.2 Å². The molecule has 4 aliphatic heterocycles. The molecule has 65 heavy (non-hydrogen) atoms. The predicted molar refractivity (Wildman–Crippen MR) is 229 cm³/mol. The van der Waals surface area contributed by atoms with Crippen LogP contribution >= 0.6 is 0 Å². The van der Waals surface area contributed by atoms with Gasteiger partial charge in [0.25, 0.3) is 0 Å². The van der Waals surface area contributed by atoms with Gasteiger partial charge in [-0.1, -0.05) is 88.9 Å². The molecule has 0 radical (unpaired) electrons. The summed E-state index contributed by atoms with van der Waals surface area (Å²) in [7, 11) is 0. The third-order valence-electron chi connectivity index (χ3n) is 16.3. The van der Waals surface area contributed by atoms with Crippen LogP contribution in [0, 0.1) is 40.9 Å². The summed E-state index contributed by atoms with van der Waals surface area (Å²) in [4.78, 5) is 53.8. The zero-order valence-corrected chi connectivity index (χ0v) is 37.7. The van der Waals surface area contributed by atoms with E-state index in [1.54, 1.807) is 67.6 Å². The average Bonchev–Trinajstić information content (AvgIpc) is 3.90. The van der Waals surface area contributed by atoms with Crippen molar-refractivity contribution >= 4 is 23.9 Å². The number of carboxylic acids is 1. The van der Waals surface area contributed by atoms with Crippen molar-refractivity contribution in [2.24, 2.45) is 40.9 Å². The number of carbonyl (C=O) groups is 4. The van der Waals surface area contributed by atoms with Gasteiger partial charge in [-0.05, 0) is 81.2 Å². The van der Waals surface area contributed by atoms with Crippen molar-refractivity contribution in [3.8, 4) is 0 Å². The van der Waals surface area contributed by atoms with E-state index in [1.807, 2.05) is 6.92 Å². The number of fused-ring (bicyclic) bond motifs is 1. The van der Waals surface area contributed by atoms with Gasteiger partial charge in [-0.3, -0.25) is 9.59 Å². The summed E-state index contributed by atoms with van der Waals surface area (Å²) in [5.41, 5.74) is -7.89. The Bertz CT molecular complexity index is 2200. The number of esters is 3. The number of rotatable bonds is 11. The first kappa shape index (κ1) is 45.9. The van der Waals surface area contributed by atoms with Gasteiger partial charge in [0.2, 0.25) is 0 Å². The number of aliphatic hydroxyl groups is 3. The molecule has 3 aliphatic carbocycles. The van der Waals surface area contributed by atoms with Crippen LogP contribution in [-0.4, -0.2) is 116 Å². The van der Waals surface area contributed by atoms with Crippen molar-refractivity contribution in [3.63, 3.8) is 0 Å². The standard InChI is InChI=1S/C50H62O15/c1-27(2)46-23-32(25-59-41(54)30-18-12-9-13-19-30)49-36-39(46)63-50(64-46,65-49)33(51)22-16-8-7-11-17-28(3)35-29(4)38(61-42(55)31-20-14-10-15-21-31)48(58,37(35)49)43(56)47(40(36)62-47)26-60-44(57)45(5,6)24-34(52)53/h9-10,12-15,18-21,28-29,32-33,35-40,43,51,56,58H,1,7-8,11,16-17,22-26H2,2-6H3,(H,52,53)/t28-,29+,32+,33-,35?,36?,37?,38+,39-,40+,43-,46-,47+,48-,49-,50?/m1/s1. The molecule has 7 fully saturated rings. The molecule has 4 saturated heterocycles. The average molecular weight is 903 g/mol. The van der Waals surface area contributed by atoms with Gasteiger partial charge in [0.1, 0.15) is 48.3 Å². The lowest BCUT2D eigenvalue weighted by atomic mass is 9.51. The quantitative estimate of drug-likeness (QED) is 0.0964. The predicted octanol–water partition coefficient (Wildman–Crippen LogP) is 5.38. The van der Waals surface area contributed by atoms with Crippen molar-refractivity contribution in [2.75, 3.05) is 13.2 Å². The van der Waals surface area contributed by atoms with E-state index in [1.165, 1.54) is 13.8 Å². The molecule has 2 aromatic rings. The van der Waals surface area contributed by atoms with E-state index in [-0.39, 0.29) is 30.9 Å². The van der Waals surface area contributed by atoms with Crippen molar-refractivity contribution in [2.45, 2.75) is 145 Å². The molecule has 15 heteroatoms. The van der Waals surface area contributed by atoms with Gasteiger partial charge < -0.3 is 53.6 Å². The first-order chi connectivity index (χ1) is 30.8. The maximum absolute atomic E-state index is 14.3. The number of aliphatic hydroxyl groups excluding tert-OH is 2. The number of benzene rings is 2. The van der Waals surface area contributed by atoms with E-state index in [0.29, 0.717) is 24.0 Å². The Hall–Kier alpha value is -4.22. The highest BCUT2D eigenvalue weighted by atomic mass is 16.9. The van der Waals surface area contributed by atoms with Crippen LogP contribution in [0.25, 0.3) is 0 Å². The summed E-state index contributed by atoms with van der Waals surface area (Å²) in [6.45, 7) is 12.1. The Morgan fingerprint density at radius 2 is 1.48 bits per heavy atom. The van der Waals surface area contributed by atoms with Gasteiger partial charge >= 0.3 is 29.9 Å². The second kappa shape index (κ2) is 16.2. The van der Waals surface area contributed by atoms with E-state index in [2.05, 4.69) is 13.5 Å². The lowest BCUT2D eigenvalue weighted by Crippen LogP contribution is -2.75. The van der Waals surface area contributed by atoms with E-state index >= 15 is 0 Å². The fourth-order valence-corrected chi connectivity index (χ4v) is 13.2. The monoisotopic (exact) mass is 902 g/mol. The summed E-state index contributed by atoms with van der Waals surface area (Å²) in [5, 5.41) is 49.6. The van der Waals surface area contributed by atoms with Crippen LogP contribution in [0.1, 0.15) is 107 Å². The van der Waals surface area contributed by atoms with Crippen LogP contribution in [-0.2, 0) is 42.7 Å². The SMILES string of the molecule is C=C(C)[C@]12C[C@@H](COC(=O)c3ccccc3)[C@@]34OC5(O[C@@H]1C3[C@@H]1O[C@]1(COC(=O)C(C)(C)CC(=O)O)[C@@H](O)[C@@]1(O)C4C([C@H](C)CCCCCC[C@H]5O)[C@H](C)[C@@H]1OC(=O)c1ccccc1)O2. The first-order valence-corrected chi connectivity index (χ1v) is 23.2. The molecule has 15 nitrogen and oxygen atoms in total. The smallest absolute Gasteiger partial charge is 0.338 e. The number of carbonyl (C=O) groups excluding carboxylic acids is 3. The molecule has 9 rings (SSSR count). The minimum absolute atomic E-state index is 0.0880. The summed E-state index contributed by atoms with van der Waals surface area (Å²) in [5.74, 6) is -9.95. The number of aliphatic carboxylic acids is 1. The van der Waals surface area contributed by atoms with Crippen LogP contribution < -0.4 is 0 Å². The van der Waals surface area contributed by atoms with Crippen molar-refractivity contribution in [3.05, 3.63) is 83.9 Å². The van der Waals surface area contributed by atoms with E-state index in [9.17, 15) is 39.6 Å². The molecule has 16 atom stereocenters. The molecule has 2 aromatic carbocycles. The molecule has 4 heterocycles. The minimum Gasteiger partial charge on any atom is -0.481 e. The van der Waals surface area contributed by atoms with Crippen molar-refractivity contribution in [1.82, 2.24) is 0 Å². The Labute approximate surface area is 378 Å². The number of ether oxygens (including phenoxy) is 7. The fraction of sp³-hybridized carbons (Fsp3) is 0.640. The highest BCUT2D eigenvalue weighted by Gasteiger charge is 2.91. The molecule has 4 unspecified atom stereocenters. The second-order valence-electron chi connectivity index (χ2n) is 20.7. The van der Waals surface area contributed by atoms with Gasteiger partial charge in [-0.25, -0.2) is 9.59 Å². The summed E-state index contributed by atoms with van der Waals surface area (Å²) >= 11 is 0. The molecule has 352 valence electrons. The minimum atomic E-state index is -2.44. The lowest BCUT2D eigenvalue weighted by Gasteiger charge is -2.62. The van der Waals surface area contributed by atoms with Gasteiger partial charge in [0.05, 0.1) is 35.2 Å². The Balaban J connectivity index is 1.27. The van der Waals surface area contributed by atoms with Crippen LogP contribution in [0.4, 0.5) is 0 Å². The maximum Gasteiger partial charge on any atom is 0.338 e. The Morgan fingerprint density at radius 3 is 2.11 bits per heavy atom. The molecular weight excluding hydrogens is 841 g/mol. The molecule has 0 amide bonds. The van der Waals surface area contributed by atoms with E-state index < -0.39 is 131 Å². The third kappa shape index (κ3) is 6.92. The van der Waals surface area contributed by atoms with Crippen LogP contribution in [0.3, 0.4) is 0 Å². The number of epoxide rings is 1. The molecule has 3 saturated carbocycles. The van der Waals surface area contributed by atoms with Crippen LogP contribution in [0.2, 0.25) is 0 Å². The Kier molecular flexibility index (Phi) is 11.5. The molecular formula is C50H62O15. The largest absolute Gasteiger partial charge is 0.481 e. The van der Waals surface area contributed by atoms with Gasteiger partial charge in [-0.2, -0.15) is 0 Å². The molecule has 0 aromatic heterocycles. The maximum atomic E-state index is 14.3. The van der Waals surface area contributed by atoms with Crippen LogP contribution in [0.5, 0.6) is 0 Å². The summed E-state index contributed by atoms with van der Waals surface area (Å²) in [6, 6.07) is 16.8.